The number of hydrogen-bond acceptors (Lipinski definition) is 12. The van der Waals surface area contributed by atoms with Gasteiger partial charge in [0.1, 0.15) is 11.4 Å². The monoisotopic (exact) mass is 748 g/mol. The number of anilines is 1. The van der Waals surface area contributed by atoms with Gasteiger partial charge >= 0.3 is 11.9 Å². The highest BCUT2D eigenvalue weighted by atomic mass is 32.2. The van der Waals surface area contributed by atoms with E-state index in [1.807, 2.05) is 46.9 Å². The Morgan fingerprint density at radius 2 is 1.87 bits per heavy atom. The van der Waals surface area contributed by atoms with Crippen LogP contribution < -0.4 is 15.7 Å². The van der Waals surface area contributed by atoms with E-state index >= 15 is 0 Å². The van der Waals surface area contributed by atoms with Crippen molar-refractivity contribution in [2.24, 2.45) is 18.1 Å². The number of aryl methyl sites for hydroxylation is 1. The Hall–Kier alpha value is -5.88. The molecule has 2 atom stereocenters. The summed E-state index contributed by atoms with van der Waals surface area (Å²) in [4.78, 5) is 60.7. The molecule has 1 fully saturated rings. The smallest absolute Gasteiger partial charge is 0.352 e. The fourth-order valence-electron chi connectivity index (χ4n) is 5.64. The van der Waals surface area contributed by atoms with Crippen LogP contribution in [0.15, 0.2) is 70.5 Å². The van der Waals surface area contributed by atoms with E-state index in [1.54, 1.807) is 12.2 Å². The zero-order chi connectivity index (χ0) is 37.5. The van der Waals surface area contributed by atoms with Crippen LogP contribution in [0.1, 0.15) is 30.7 Å². The summed E-state index contributed by atoms with van der Waals surface area (Å²) in [5.74, 6) is -4.64. The number of oxime groups is 1. The van der Waals surface area contributed by atoms with Crippen molar-refractivity contribution in [1.29, 1.82) is 0 Å². The fourth-order valence-corrected chi connectivity index (χ4v) is 7.58. The second kappa shape index (κ2) is 14.0. The molecule has 52 heavy (non-hydrogen) atoms. The van der Waals surface area contributed by atoms with Gasteiger partial charge in [-0.15, -0.1) is 27.8 Å². The third-order valence-electron chi connectivity index (χ3n) is 8.55. The Morgan fingerprint density at radius 3 is 2.52 bits per heavy atom. The van der Waals surface area contributed by atoms with E-state index in [4.69, 9.17) is 10.6 Å². The van der Waals surface area contributed by atoms with Gasteiger partial charge in [-0.2, -0.15) is 4.68 Å². The van der Waals surface area contributed by atoms with Crippen LogP contribution in [0.4, 0.5) is 5.13 Å². The number of β-lactam (4-membered cyclic amide) rings is 1. The minimum Gasteiger partial charge on any atom is -0.504 e. The van der Waals surface area contributed by atoms with Crippen molar-refractivity contribution in [2.45, 2.75) is 31.4 Å². The number of thiazole rings is 1. The first-order valence-electron chi connectivity index (χ1n) is 15.7. The number of nitrogens with zero attached hydrogens (tertiary/aromatic N) is 5. The molecule has 0 spiro atoms. The number of nitrogens with one attached hydrogen (secondary N) is 1. The zero-order valence-corrected chi connectivity index (χ0v) is 29.6. The SMILES string of the molecule is Cn1cc2cc(O)c(O)cc2[n+]1Cc1ccc(/C=C/C2=C(C(=O)O)N3C(=O)[C@@H](CNC(=O)/C(=N\OC(C)(C)C(=O)O)c4csc(N)n4)[C@H]3SC2)cc1. The summed E-state index contributed by atoms with van der Waals surface area (Å²) in [6.45, 7) is 2.87. The molecule has 0 radical (unpaired) electrons. The molecule has 0 unspecified atom stereocenters. The quantitative estimate of drug-likeness (QED) is 0.0403. The average Bonchev–Trinajstić information content (AvgIpc) is 3.65. The summed E-state index contributed by atoms with van der Waals surface area (Å²) < 4.78 is 3.81. The summed E-state index contributed by atoms with van der Waals surface area (Å²) in [5, 5.41) is 47.5. The van der Waals surface area contributed by atoms with Gasteiger partial charge in [-0.3, -0.25) is 14.5 Å². The molecule has 4 heterocycles. The van der Waals surface area contributed by atoms with Crippen LogP contribution in [0, 0.1) is 5.92 Å². The summed E-state index contributed by atoms with van der Waals surface area (Å²) in [7, 11) is 1.86. The lowest BCUT2D eigenvalue weighted by Gasteiger charge is -2.49. The number of thioether (sulfide) groups is 1. The van der Waals surface area contributed by atoms with E-state index in [9.17, 15) is 39.6 Å². The number of amides is 2. The largest absolute Gasteiger partial charge is 0.504 e. The third-order valence-corrected chi connectivity index (χ3v) is 10.6. The van der Waals surface area contributed by atoms with E-state index in [1.165, 1.54) is 48.0 Å². The number of carboxylic acids is 2. The van der Waals surface area contributed by atoms with Crippen molar-refractivity contribution < 1.29 is 49.1 Å². The lowest BCUT2D eigenvalue weighted by Crippen LogP contribution is -2.64. The number of aromatic hydroxyl groups is 2. The molecule has 18 heteroatoms. The van der Waals surface area contributed by atoms with Gasteiger partial charge in [-0.25, -0.2) is 14.6 Å². The summed E-state index contributed by atoms with van der Waals surface area (Å²) in [6, 6.07) is 10.7. The van der Waals surface area contributed by atoms with E-state index in [-0.39, 0.29) is 40.3 Å². The Labute approximate surface area is 304 Å². The second-order valence-electron chi connectivity index (χ2n) is 12.6. The van der Waals surface area contributed by atoms with Gasteiger partial charge in [-0.05, 0) is 31.1 Å². The molecule has 2 amide bonds. The summed E-state index contributed by atoms with van der Waals surface area (Å²) in [5.41, 5.74) is 6.54. The molecule has 0 saturated carbocycles. The number of aliphatic carboxylic acids is 2. The van der Waals surface area contributed by atoms with Crippen LogP contribution in [0.25, 0.3) is 17.0 Å². The first-order chi connectivity index (χ1) is 24.6. The number of rotatable bonds is 12. The van der Waals surface area contributed by atoms with Gasteiger partial charge in [0.15, 0.2) is 28.9 Å². The van der Waals surface area contributed by atoms with Crippen molar-refractivity contribution >= 4 is 74.7 Å². The number of allylic oxidation sites excluding steroid dienone is 1. The van der Waals surface area contributed by atoms with Crippen LogP contribution in [0.2, 0.25) is 0 Å². The molecule has 4 aromatic rings. The van der Waals surface area contributed by atoms with Crippen LogP contribution in [-0.4, -0.2) is 87.7 Å². The number of carbonyl (C=O) groups excluding carboxylic acids is 2. The molecule has 6 rings (SSSR count). The van der Waals surface area contributed by atoms with Crippen molar-refractivity contribution in [3.05, 3.63) is 82.1 Å². The Balaban J connectivity index is 1.12. The topological polar surface area (TPSA) is 234 Å². The molecule has 1 saturated heterocycles. The zero-order valence-electron chi connectivity index (χ0n) is 28.0. The number of carbonyl (C=O) groups is 4. The normalized spacial score (nSPS) is 17.7. The molecule has 7 N–H and O–H groups in total. The molecule has 270 valence electrons. The minimum atomic E-state index is -1.75. The van der Waals surface area contributed by atoms with Crippen molar-refractivity contribution in [3.8, 4) is 11.5 Å². The number of hydrogen-bond donors (Lipinski definition) is 6. The van der Waals surface area contributed by atoms with Crippen LogP contribution in [0.5, 0.6) is 11.5 Å². The lowest BCUT2D eigenvalue weighted by atomic mass is 9.95. The van der Waals surface area contributed by atoms with E-state index in [0.717, 1.165) is 33.4 Å². The Morgan fingerprint density at radius 1 is 1.15 bits per heavy atom. The summed E-state index contributed by atoms with van der Waals surface area (Å²) >= 11 is 2.41. The molecular weight excluding hydrogens is 715 g/mol. The van der Waals surface area contributed by atoms with Gasteiger partial charge in [-0.1, -0.05) is 41.6 Å². The van der Waals surface area contributed by atoms with E-state index in [0.29, 0.717) is 17.9 Å². The maximum absolute atomic E-state index is 13.3. The number of fused-ring (bicyclic) bond motifs is 2. The predicted molar refractivity (Wildman–Crippen MR) is 191 cm³/mol. The van der Waals surface area contributed by atoms with Gasteiger partial charge in [0, 0.05) is 23.2 Å². The number of aromatic nitrogens is 3. The molecule has 0 aliphatic carbocycles. The highest BCUT2D eigenvalue weighted by molar-refractivity contribution is 8.00. The number of nitrogens with two attached hydrogens (primary N) is 1. The molecular formula is C34H34N7O9S2+. The van der Waals surface area contributed by atoms with Crippen molar-refractivity contribution in [1.82, 2.24) is 19.9 Å². The van der Waals surface area contributed by atoms with Crippen LogP contribution >= 0.6 is 23.1 Å². The van der Waals surface area contributed by atoms with E-state index in [2.05, 4.69) is 15.5 Å². The lowest BCUT2D eigenvalue weighted by molar-refractivity contribution is -0.743. The van der Waals surface area contributed by atoms with Gasteiger partial charge in [0.25, 0.3) is 5.91 Å². The maximum Gasteiger partial charge on any atom is 0.352 e. The number of nitrogen functional groups attached to an aromatic ring is 1. The van der Waals surface area contributed by atoms with Crippen LogP contribution in [-0.2, 0) is 37.6 Å². The Kier molecular flexibility index (Phi) is 9.69. The average molecular weight is 749 g/mol. The van der Waals surface area contributed by atoms with Gasteiger partial charge in [0.2, 0.25) is 17.0 Å². The molecule has 0 bridgehead atoms. The number of phenolic OH excluding ortho intramolecular Hbond substituents is 2. The van der Waals surface area contributed by atoms with Crippen LogP contribution in [0.3, 0.4) is 0 Å². The highest BCUT2D eigenvalue weighted by Crippen LogP contribution is 2.44. The second-order valence-corrected chi connectivity index (χ2v) is 14.6. The predicted octanol–water partition coefficient (Wildman–Crippen LogP) is 2.25. The number of benzene rings is 2. The first kappa shape index (κ1) is 35.9. The van der Waals surface area contributed by atoms with Gasteiger partial charge in [0.05, 0.1) is 36.0 Å². The highest BCUT2D eigenvalue weighted by Gasteiger charge is 2.53. The van der Waals surface area contributed by atoms with Crippen molar-refractivity contribution in [3.63, 3.8) is 0 Å². The standard InChI is InChI=1S/C34H33N7O9S2/c1-34(2,32(48)49)50-38-26(22-16-52-33(35)37-22)28(44)36-12-21-29(45)41-27(31(46)47)19(15-51-30(21)41)9-8-17-4-6-18(7-5-17)13-40-23-11-25(43)24(42)10-20(23)14-39(40)3/h4-11,14,16,21,30H,12-13,15H2,1-3H3,(H6,35,36,37,42,44,46,47,48,49)/p+1/b9-8+,38-26-/t21-,30-/m1/s1. The molecule has 16 nitrogen and oxygen atoms in total. The molecule has 2 aromatic heterocycles. The third kappa shape index (κ3) is 7.02. The minimum absolute atomic E-state index is 0.0589. The van der Waals surface area contributed by atoms with E-state index < -0.39 is 40.6 Å². The van der Waals surface area contributed by atoms with Crippen molar-refractivity contribution in [2.75, 3.05) is 18.0 Å². The maximum atomic E-state index is 13.3. The Bertz CT molecular complexity index is 2210. The van der Waals surface area contributed by atoms with Gasteiger partial charge < -0.3 is 36.3 Å². The first-order valence-corrected chi connectivity index (χ1v) is 17.7. The number of carboxylic acid groups (broad SMARTS) is 2. The number of phenols is 2. The summed E-state index contributed by atoms with van der Waals surface area (Å²) in [6.07, 6.45) is 5.30. The molecule has 2 aliphatic heterocycles. The fraction of sp³-hybridized carbons (Fsp3) is 0.265. The molecule has 2 aromatic carbocycles. The molecule has 2 aliphatic rings.